The Kier molecular flexibility index (Phi) is 4.35. The molecule has 3 rings (SSSR count). The molecule has 21 heavy (non-hydrogen) atoms. The number of aliphatic hydroxyl groups is 1. The van der Waals surface area contributed by atoms with Gasteiger partial charge < -0.3 is 10.4 Å². The SMILES string of the molecule is CN(Cc1nc(-c2ccccc2)cs1)CC1(O)CCNC1. The molecule has 2 heterocycles. The van der Waals surface area contributed by atoms with Gasteiger partial charge in [0.15, 0.2) is 0 Å². The highest BCUT2D eigenvalue weighted by Crippen LogP contribution is 2.23. The van der Waals surface area contributed by atoms with E-state index in [9.17, 15) is 5.11 Å². The van der Waals surface area contributed by atoms with Gasteiger partial charge in [0.1, 0.15) is 5.01 Å². The molecule has 0 radical (unpaired) electrons. The van der Waals surface area contributed by atoms with Crippen LogP contribution in [0.15, 0.2) is 35.7 Å². The van der Waals surface area contributed by atoms with Gasteiger partial charge in [0.05, 0.1) is 17.8 Å². The quantitative estimate of drug-likeness (QED) is 0.886. The summed E-state index contributed by atoms with van der Waals surface area (Å²) in [6.07, 6.45) is 0.824. The van der Waals surface area contributed by atoms with E-state index in [2.05, 4.69) is 27.7 Å². The Hall–Kier alpha value is -1.27. The molecule has 0 spiro atoms. The molecule has 1 saturated heterocycles. The van der Waals surface area contributed by atoms with Crippen molar-refractivity contribution in [1.82, 2.24) is 15.2 Å². The summed E-state index contributed by atoms with van der Waals surface area (Å²) in [7, 11) is 2.04. The number of thiazole rings is 1. The van der Waals surface area contributed by atoms with Gasteiger partial charge in [-0.1, -0.05) is 30.3 Å². The standard InChI is InChI=1S/C16H21N3OS/c1-19(12-16(20)7-8-17-11-16)9-15-18-14(10-21-15)13-5-3-2-4-6-13/h2-6,10,17,20H,7-9,11-12H2,1H3. The number of aromatic nitrogens is 1. The van der Waals surface area contributed by atoms with Crippen LogP contribution in [0, 0.1) is 0 Å². The lowest BCUT2D eigenvalue weighted by molar-refractivity contribution is 0.0264. The van der Waals surface area contributed by atoms with E-state index in [4.69, 9.17) is 4.98 Å². The normalized spacial score (nSPS) is 22.0. The number of rotatable bonds is 5. The van der Waals surface area contributed by atoms with Gasteiger partial charge in [-0.15, -0.1) is 11.3 Å². The van der Waals surface area contributed by atoms with E-state index in [1.165, 1.54) is 0 Å². The summed E-state index contributed by atoms with van der Waals surface area (Å²) in [4.78, 5) is 6.85. The zero-order chi connectivity index (χ0) is 14.7. The summed E-state index contributed by atoms with van der Waals surface area (Å²) >= 11 is 1.68. The maximum Gasteiger partial charge on any atom is 0.107 e. The van der Waals surface area contributed by atoms with Crippen LogP contribution in [-0.4, -0.2) is 47.3 Å². The van der Waals surface area contributed by atoms with E-state index >= 15 is 0 Å². The summed E-state index contributed by atoms with van der Waals surface area (Å²) in [6.45, 7) is 3.05. The first-order valence-electron chi connectivity index (χ1n) is 7.26. The molecular formula is C16H21N3OS. The molecule has 4 nitrogen and oxygen atoms in total. The van der Waals surface area contributed by atoms with E-state index in [1.54, 1.807) is 11.3 Å². The summed E-state index contributed by atoms with van der Waals surface area (Å²) in [5.74, 6) is 0. The molecule has 0 saturated carbocycles. The van der Waals surface area contributed by atoms with Crippen molar-refractivity contribution in [2.45, 2.75) is 18.6 Å². The number of hydrogen-bond donors (Lipinski definition) is 2. The molecule has 0 bridgehead atoms. The smallest absolute Gasteiger partial charge is 0.107 e. The van der Waals surface area contributed by atoms with Crippen molar-refractivity contribution in [2.24, 2.45) is 0 Å². The number of likely N-dealkylation sites (N-methyl/N-ethyl adjacent to an activating group) is 1. The van der Waals surface area contributed by atoms with Gasteiger partial charge in [-0.2, -0.15) is 0 Å². The van der Waals surface area contributed by atoms with Gasteiger partial charge in [-0.05, 0) is 20.0 Å². The van der Waals surface area contributed by atoms with Crippen molar-refractivity contribution in [3.05, 3.63) is 40.7 Å². The number of nitrogens with zero attached hydrogens (tertiary/aromatic N) is 2. The predicted molar refractivity (Wildman–Crippen MR) is 86.3 cm³/mol. The maximum absolute atomic E-state index is 10.4. The van der Waals surface area contributed by atoms with Crippen LogP contribution in [0.25, 0.3) is 11.3 Å². The lowest BCUT2D eigenvalue weighted by Crippen LogP contribution is -2.42. The molecule has 1 aliphatic heterocycles. The summed E-state index contributed by atoms with van der Waals surface area (Å²) in [5, 5.41) is 16.8. The van der Waals surface area contributed by atoms with Crippen LogP contribution in [0.5, 0.6) is 0 Å². The fraction of sp³-hybridized carbons (Fsp3) is 0.438. The Morgan fingerprint density at radius 2 is 2.19 bits per heavy atom. The van der Waals surface area contributed by atoms with E-state index in [1.807, 2.05) is 25.2 Å². The Balaban J connectivity index is 1.62. The Morgan fingerprint density at radius 1 is 1.38 bits per heavy atom. The molecule has 1 unspecified atom stereocenters. The van der Waals surface area contributed by atoms with Crippen molar-refractivity contribution >= 4 is 11.3 Å². The first-order valence-corrected chi connectivity index (χ1v) is 8.14. The number of β-amino-alcohol motifs (C(OH)–C–C–N with tert-alkyl or cyclic N) is 1. The minimum absolute atomic E-state index is 0.589. The number of benzene rings is 1. The zero-order valence-corrected chi connectivity index (χ0v) is 13.1. The predicted octanol–water partition coefficient (Wildman–Crippen LogP) is 1.97. The third-order valence-electron chi connectivity index (χ3n) is 3.81. The molecule has 5 heteroatoms. The maximum atomic E-state index is 10.4. The van der Waals surface area contributed by atoms with Gasteiger partial charge in [-0.25, -0.2) is 4.98 Å². The molecular weight excluding hydrogens is 282 g/mol. The fourth-order valence-corrected chi connectivity index (χ4v) is 3.66. The largest absolute Gasteiger partial charge is 0.387 e. The van der Waals surface area contributed by atoms with Crippen molar-refractivity contribution in [2.75, 3.05) is 26.7 Å². The van der Waals surface area contributed by atoms with E-state index in [0.717, 1.165) is 35.8 Å². The van der Waals surface area contributed by atoms with Gasteiger partial charge >= 0.3 is 0 Å². The summed E-state index contributed by atoms with van der Waals surface area (Å²) in [5.41, 5.74) is 1.60. The summed E-state index contributed by atoms with van der Waals surface area (Å²) < 4.78 is 0. The van der Waals surface area contributed by atoms with Crippen LogP contribution in [0.2, 0.25) is 0 Å². The monoisotopic (exact) mass is 303 g/mol. The van der Waals surface area contributed by atoms with E-state index in [0.29, 0.717) is 13.1 Å². The topological polar surface area (TPSA) is 48.4 Å². The highest BCUT2D eigenvalue weighted by Gasteiger charge is 2.32. The third-order valence-corrected chi connectivity index (χ3v) is 4.65. The minimum Gasteiger partial charge on any atom is -0.387 e. The lowest BCUT2D eigenvalue weighted by atomic mass is 10.0. The van der Waals surface area contributed by atoms with Crippen LogP contribution in [-0.2, 0) is 6.54 Å². The second-order valence-electron chi connectivity index (χ2n) is 5.82. The number of nitrogens with one attached hydrogen (secondary N) is 1. The van der Waals surface area contributed by atoms with Crippen LogP contribution in [0.4, 0.5) is 0 Å². The Labute approximate surface area is 129 Å². The molecule has 2 N–H and O–H groups in total. The fourth-order valence-electron chi connectivity index (χ4n) is 2.78. The van der Waals surface area contributed by atoms with E-state index in [-0.39, 0.29) is 0 Å². The molecule has 1 aromatic carbocycles. The Bertz CT molecular complexity index is 578. The second-order valence-corrected chi connectivity index (χ2v) is 6.76. The molecule has 1 aromatic heterocycles. The number of hydrogen-bond acceptors (Lipinski definition) is 5. The van der Waals surface area contributed by atoms with E-state index < -0.39 is 5.60 Å². The van der Waals surface area contributed by atoms with Crippen LogP contribution < -0.4 is 5.32 Å². The van der Waals surface area contributed by atoms with Crippen molar-refractivity contribution in [3.8, 4) is 11.3 Å². The lowest BCUT2D eigenvalue weighted by Gasteiger charge is -2.27. The average molecular weight is 303 g/mol. The highest BCUT2D eigenvalue weighted by atomic mass is 32.1. The van der Waals surface area contributed by atoms with Gasteiger partial charge in [-0.3, -0.25) is 4.90 Å². The first kappa shape index (κ1) is 14.7. The van der Waals surface area contributed by atoms with Gasteiger partial charge in [0.25, 0.3) is 0 Å². The van der Waals surface area contributed by atoms with Crippen LogP contribution in [0.3, 0.4) is 0 Å². The molecule has 0 aliphatic carbocycles. The van der Waals surface area contributed by atoms with Crippen molar-refractivity contribution < 1.29 is 5.11 Å². The van der Waals surface area contributed by atoms with Gasteiger partial charge in [0.2, 0.25) is 0 Å². The van der Waals surface area contributed by atoms with Crippen molar-refractivity contribution in [1.29, 1.82) is 0 Å². The third kappa shape index (κ3) is 3.68. The van der Waals surface area contributed by atoms with Crippen LogP contribution in [0.1, 0.15) is 11.4 Å². The molecule has 1 fully saturated rings. The second kappa shape index (κ2) is 6.23. The zero-order valence-electron chi connectivity index (χ0n) is 12.2. The molecule has 1 aliphatic rings. The average Bonchev–Trinajstić information content (AvgIpc) is 3.09. The minimum atomic E-state index is -0.589. The highest BCUT2D eigenvalue weighted by molar-refractivity contribution is 7.09. The molecule has 1 atom stereocenters. The van der Waals surface area contributed by atoms with Crippen LogP contribution >= 0.6 is 11.3 Å². The Morgan fingerprint density at radius 3 is 2.90 bits per heavy atom. The van der Waals surface area contributed by atoms with Crippen molar-refractivity contribution in [3.63, 3.8) is 0 Å². The molecule has 112 valence electrons. The van der Waals surface area contributed by atoms with Gasteiger partial charge in [0, 0.05) is 24.0 Å². The molecule has 2 aromatic rings. The first-order chi connectivity index (χ1) is 10.1. The summed E-state index contributed by atoms with van der Waals surface area (Å²) in [6, 6.07) is 10.2. The molecule has 0 amide bonds.